The Morgan fingerprint density at radius 2 is 1.92 bits per heavy atom. The second kappa shape index (κ2) is 6.12. The molecule has 2 aromatic carbocycles. The van der Waals surface area contributed by atoms with E-state index in [1.54, 1.807) is 0 Å². The molecule has 0 fully saturated rings. The number of cyclic esters (lactones) is 1. The second-order valence-corrected chi connectivity index (χ2v) is 5.46. The van der Waals surface area contributed by atoms with Gasteiger partial charge in [0, 0.05) is 5.56 Å². The van der Waals surface area contributed by atoms with Crippen LogP contribution in [-0.4, -0.2) is 23.0 Å². The Bertz CT molecular complexity index is 862. The number of nitrogens with zero attached hydrogens (tertiary/aromatic N) is 1. The summed E-state index contributed by atoms with van der Waals surface area (Å²) < 4.78 is 45.5. The van der Waals surface area contributed by atoms with Gasteiger partial charge in [-0.05, 0) is 36.2 Å². The minimum absolute atomic E-state index is 0.0684. The molecule has 0 unspecified atom stereocenters. The molecule has 1 heterocycles. The third-order valence-electron chi connectivity index (χ3n) is 3.71. The van der Waals surface area contributed by atoms with Crippen LogP contribution in [0.15, 0.2) is 47.6 Å². The zero-order chi connectivity index (χ0) is 18.2. The molecule has 0 aliphatic carbocycles. The van der Waals surface area contributed by atoms with Crippen LogP contribution in [0.4, 0.5) is 18.0 Å². The zero-order valence-corrected chi connectivity index (χ0v) is 13.0. The van der Waals surface area contributed by atoms with Crippen molar-refractivity contribution in [1.82, 2.24) is 5.43 Å². The van der Waals surface area contributed by atoms with E-state index < -0.39 is 23.9 Å². The van der Waals surface area contributed by atoms with E-state index in [0.717, 1.165) is 6.07 Å². The Morgan fingerprint density at radius 3 is 2.56 bits per heavy atom. The molecule has 8 heteroatoms. The lowest BCUT2D eigenvalue weighted by molar-refractivity contribution is -0.137. The topological polar surface area (TPSA) is 70.9 Å². The van der Waals surface area contributed by atoms with Gasteiger partial charge in [-0.15, -0.1) is 0 Å². The van der Waals surface area contributed by atoms with Crippen LogP contribution < -0.4 is 5.43 Å². The summed E-state index contributed by atoms with van der Waals surface area (Å²) in [6.07, 6.45) is -6.15. The molecule has 1 atom stereocenters. The number of hydrogen-bond acceptors (Lipinski definition) is 4. The lowest BCUT2D eigenvalue weighted by atomic mass is 9.94. The number of benzene rings is 2. The summed E-state index contributed by atoms with van der Waals surface area (Å²) >= 11 is 0. The number of halogens is 3. The van der Waals surface area contributed by atoms with Gasteiger partial charge in [0.05, 0.1) is 5.56 Å². The third kappa shape index (κ3) is 3.42. The Labute approximate surface area is 140 Å². The molecule has 1 aliphatic rings. The molecule has 2 aromatic rings. The quantitative estimate of drug-likeness (QED) is 0.863. The molecular formula is C17H13F3N2O3. The first kappa shape index (κ1) is 16.8. The molecule has 130 valence electrons. The van der Waals surface area contributed by atoms with E-state index in [4.69, 9.17) is 4.74 Å². The van der Waals surface area contributed by atoms with Crippen LogP contribution in [0.25, 0.3) is 11.1 Å². The molecule has 1 aliphatic heterocycles. The van der Waals surface area contributed by atoms with Crippen LogP contribution in [0.1, 0.15) is 18.1 Å². The minimum atomic E-state index is -4.61. The number of phenols is 1. The van der Waals surface area contributed by atoms with Crippen molar-refractivity contribution in [2.75, 3.05) is 0 Å². The van der Waals surface area contributed by atoms with E-state index in [1.807, 2.05) is 0 Å². The lowest BCUT2D eigenvalue weighted by Crippen LogP contribution is -2.37. The van der Waals surface area contributed by atoms with Gasteiger partial charge < -0.3 is 9.84 Å². The molecule has 1 amide bonds. The van der Waals surface area contributed by atoms with Crippen LogP contribution in [0.5, 0.6) is 5.75 Å². The average Bonchev–Trinajstić information content (AvgIpc) is 2.53. The van der Waals surface area contributed by atoms with Crippen LogP contribution in [-0.2, 0) is 10.9 Å². The lowest BCUT2D eigenvalue weighted by Gasteiger charge is -2.22. The Kier molecular flexibility index (Phi) is 4.12. The van der Waals surface area contributed by atoms with E-state index >= 15 is 0 Å². The summed E-state index contributed by atoms with van der Waals surface area (Å²) in [5.74, 6) is -0.129. The number of hydrazone groups is 1. The van der Waals surface area contributed by atoms with Crippen LogP contribution >= 0.6 is 0 Å². The molecule has 0 radical (unpaired) electrons. The number of carbonyl (C=O) groups is 1. The van der Waals surface area contributed by atoms with E-state index in [0.29, 0.717) is 0 Å². The number of aromatic hydroxyl groups is 1. The molecular weight excluding hydrogens is 337 g/mol. The molecule has 5 nitrogen and oxygen atoms in total. The van der Waals surface area contributed by atoms with Gasteiger partial charge in [0.1, 0.15) is 17.6 Å². The van der Waals surface area contributed by atoms with E-state index in [-0.39, 0.29) is 28.2 Å². The molecule has 0 aromatic heterocycles. The molecule has 3 rings (SSSR count). The van der Waals surface area contributed by atoms with Gasteiger partial charge >= 0.3 is 12.3 Å². The maximum absolute atomic E-state index is 13.5. The number of hydrogen-bond donors (Lipinski definition) is 2. The predicted molar refractivity (Wildman–Crippen MR) is 84.2 cm³/mol. The molecule has 25 heavy (non-hydrogen) atoms. The highest BCUT2D eigenvalue weighted by Gasteiger charge is 2.35. The number of amides is 1. The van der Waals surface area contributed by atoms with E-state index in [9.17, 15) is 23.1 Å². The first-order valence-corrected chi connectivity index (χ1v) is 7.31. The number of phenolic OH excluding ortho intramolecular Hbond substituents is 1. The average molecular weight is 350 g/mol. The summed E-state index contributed by atoms with van der Waals surface area (Å²) in [5.41, 5.74) is 1.75. The SMILES string of the molecule is C[C@@H]1OC(=O)NN=C1c1ccc(-c2cccc(O)c2)c(C(F)(F)F)c1. The van der Waals surface area contributed by atoms with Crippen molar-refractivity contribution >= 4 is 11.8 Å². The third-order valence-corrected chi connectivity index (χ3v) is 3.71. The van der Waals surface area contributed by atoms with Crippen molar-refractivity contribution < 1.29 is 27.8 Å². The number of nitrogens with one attached hydrogen (secondary N) is 1. The maximum Gasteiger partial charge on any atom is 0.428 e. The van der Waals surface area contributed by atoms with Crippen molar-refractivity contribution in [3.8, 4) is 16.9 Å². The van der Waals surface area contributed by atoms with Gasteiger partial charge in [-0.25, -0.2) is 10.2 Å². The summed E-state index contributed by atoms with van der Waals surface area (Å²) in [5, 5.41) is 13.3. The van der Waals surface area contributed by atoms with Gasteiger partial charge in [0.15, 0.2) is 0 Å². The smallest absolute Gasteiger partial charge is 0.428 e. The zero-order valence-electron chi connectivity index (χ0n) is 13.0. The highest BCUT2D eigenvalue weighted by atomic mass is 19.4. The van der Waals surface area contributed by atoms with Crippen LogP contribution in [0, 0.1) is 0 Å². The minimum Gasteiger partial charge on any atom is -0.508 e. The van der Waals surface area contributed by atoms with Gasteiger partial charge in [-0.2, -0.15) is 18.3 Å². The van der Waals surface area contributed by atoms with Crippen molar-refractivity contribution in [3.05, 3.63) is 53.6 Å². The monoisotopic (exact) mass is 350 g/mol. The summed E-state index contributed by atoms with van der Waals surface area (Å²) in [4.78, 5) is 11.1. The second-order valence-electron chi connectivity index (χ2n) is 5.46. The Balaban J connectivity index is 2.12. The van der Waals surface area contributed by atoms with Gasteiger partial charge in [-0.1, -0.05) is 24.3 Å². The van der Waals surface area contributed by atoms with E-state index in [1.165, 1.54) is 43.3 Å². The number of alkyl halides is 3. The summed E-state index contributed by atoms with van der Waals surface area (Å²) in [6.45, 7) is 1.52. The van der Waals surface area contributed by atoms with Crippen molar-refractivity contribution in [2.24, 2.45) is 5.10 Å². The Morgan fingerprint density at radius 1 is 1.16 bits per heavy atom. The van der Waals surface area contributed by atoms with Gasteiger partial charge in [0.2, 0.25) is 0 Å². The van der Waals surface area contributed by atoms with Crippen molar-refractivity contribution in [3.63, 3.8) is 0 Å². The molecule has 2 N–H and O–H groups in total. The van der Waals surface area contributed by atoms with Gasteiger partial charge in [0.25, 0.3) is 0 Å². The van der Waals surface area contributed by atoms with Crippen molar-refractivity contribution in [1.29, 1.82) is 0 Å². The first-order chi connectivity index (χ1) is 11.8. The number of ether oxygens (including phenoxy) is 1. The largest absolute Gasteiger partial charge is 0.508 e. The van der Waals surface area contributed by atoms with E-state index in [2.05, 4.69) is 10.5 Å². The molecule has 0 spiro atoms. The summed E-state index contributed by atoms with van der Waals surface area (Å²) in [6, 6.07) is 9.31. The summed E-state index contributed by atoms with van der Waals surface area (Å²) in [7, 11) is 0. The fourth-order valence-electron chi connectivity index (χ4n) is 2.60. The molecule has 0 bridgehead atoms. The predicted octanol–water partition coefficient (Wildman–Crippen LogP) is 3.91. The fraction of sp³-hybridized carbons (Fsp3) is 0.176. The van der Waals surface area contributed by atoms with Crippen molar-refractivity contribution in [2.45, 2.75) is 19.2 Å². The maximum atomic E-state index is 13.5. The molecule has 0 saturated heterocycles. The molecule has 0 saturated carbocycles. The number of carbonyl (C=O) groups excluding carboxylic acids is 1. The van der Waals surface area contributed by atoms with Gasteiger partial charge in [-0.3, -0.25) is 0 Å². The normalized spacial score (nSPS) is 17.5. The highest BCUT2D eigenvalue weighted by molar-refractivity contribution is 6.06. The number of rotatable bonds is 2. The fourth-order valence-corrected chi connectivity index (χ4v) is 2.60. The standard InChI is InChI=1S/C17H13F3N2O3/c1-9-15(21-22-16(24)25-9)11-5-6-13(14(8-11)17(18,19)20)10-3-2-4-12(23)7-10/h2-9,23H,1H3,(H,22,24)/t9-/m0/s1. The Hall–Kier alpha value is -3.03. The van der Waals surface area contributed by atoms with Crippen LogP contribution in [0.2, 0.25) is 0 Å². The highest BCUT2D eigenvalue weighted by Crippen LogP contribution is 2.38. The first-order valence-electron chi connectivity index (χ1n) is 7.31. The van der Waals surface area contributed by atoms with Crippen LogP contribution in [0.3, 0.4) is 0 Å².